The van der Waals surface area contributed by atoms with E-state index in [1.54, 1.807) is 13.3 Å². The zero-order valence-electron chi connectivity index (χ0n) is 11.3. The summed E-state index contributed by atoms with van der Waals surface area (Å²) in [5, 5.41) is 0. The molecule has 1 aliphatic rings. The van der Waals surface area contributed by atoms with Crippen LogP contribution in [0.25, 0.3) is 0 Å². The van der Waals surface area contributed by atoms with Gasteiger partial charge in [-0.2, -0.15) is 0 Å². The summed E-state index contributed by atoms with van der Waals surface area (Å²) in [7, 11) is 1.64. The molecule has 2 atom stereocenters. The first-order valence-electron chi connectivity index (χ1n) is 6.49. The third-order valence-electron chi connectivity index (χ3n) is 3.49. The lowest BCUT2D eigenvalue weighted by molar-refractivity contribution is 0.156. The van der Waals surface area contributed by atoms with Gasteiger partial charge in [0.2, 0.25) is 0 Å². The van der Waals surface area contributed by atoms with Crippen LogP contribution >= 0.6 is 31.9 Å². The maximum Gasteiger partial charge on any atom is 0.143 e. The quantitative estimate of drug-likeness (QED) is 0.803. The highest BCUT2D eigenvalue weighted by atomic mass is 79.9. The lowest BCUT2D eigenvalue weighted by Gasteiger charge is -2.30. The highest BCUT2D eigenvalue weighted by molar-refractivity contribution is 9.11. The van der Waals surface area contributed by atoms with Crippen LogP contribution in [0.2, 0.25) is 0 Å². The van der Waals surface area contributed by atoms with Crippen LogP contribution in [-0.4, -0.2) is 12.1 Å². The largest absolute Gasteiger partial charge is 0.497 e. The van der Waals surface area contributed by atoms with E-state index in [9.17, 15) is 0 Å². The summed E-state index contributed by atoms with van der Waals surface area (Å²) in [6, 6.07) is 7.55. The Kier molecular flexibility index (Phi) is 4.19. The smallest absolute Gasteiger partial charge is 0.143 e. The molecule has 0 bridgehead atoms. The van der Waals surface area contributed by atoms with E-state index in [0.29, 0.717) is 6.42 Å². The van der Waals surface area contributed by atoms with Crippen LogP contribution in [0.1, 0.15) is 29.8 Å². The molecule has 2 unspecified atom stereocenters. The molecule has 0 fully saturated rings. The highest BCUT2D eigenvalue weighted by Gasteiger charge is 2.29. The molecule has 0 radical (unpaired) electrons. The molecule has 21 heavy (non-hydrogen) atoms. The van der Waals surface area contributed by atoms with Crippen molar-refractivity contribution in [2.75, 3.05) is 7.11 Å². The number of nitrogens with two attached hydrogens (primary N) is 1. The number of halogens is 2. The van der Waals surface area contributed by atoms with Crippen molar-refractivity contribution < 1.29 is 9.47 Å². The summed E-state index contributed by atoms with van der Waals surface area (Å²) in [5.74, 6) is 1.57. The third kappa shape index (κ3) is 2.93. The Hall–Kier alpha value is -1.11. The van der Waals surface area contributed by atoms with Crippen molar-refractivity contribution in [1.29, 1.82) is 0 Å². The second-order valence-electron chi connectivity index (χ2n) is 4.87. The van der Waals surface area contributed by atoms with Gasteiger partial charge in [-0.3, -0.25) is 4.98 Å². The van der Waals surface area contributed by atoms with Crippen molar-refractivity contribution in [3.8, 4) is 11.5 Å². The van der Waals surface area contributed by atoms with Gasteiger partial charge in [0.15, 0.2) is 0 Å². The minimum Gasteiger partial charge on any atom is -0.497 e. The molecule has 3 rings (SSSR count). The molecule has 110 valence electrons. The van der Waals surface area contributed by atoms with Crippen LogP contribution in [0.15, 0.2) is 39.4 Å². The number of pyridine rings is 1. The Morgan fingerprint density at radius 2 is 2.14 bits per heavy atom. The van der Waals surface area contributed by atoms with Crippen LogP contribution in [-0.2, 0) is 0 Å². The first-order valence-corrected chi connectivity index (χ1v) is 8.08. The van der Waals surface area contributed by atoms with Crippen molar-refractivity contribution in [3.05, 3.63) is 50.7 Å². The highest BCUT2D eigenvalue weighted by Crippen LogP contribution is 2.42. The monoisotopic (exact) mass is 412 g/mol. The molecular weight excluding hydrogens is 400 g/mol. The minimum atomic E-state index is -0.164. The predicted molar refractivity (Wildman–Crippen MR) is 87.5 cm³/mol. The Bertz CT molecular complexity index is 679. The van der Waals surface area contributed by atoms with Crippen molar-refractivity contribution in [2.24, 2.45) is 5.73 Å². The Labute approximate surface area is 139 Å². The zero-order chi connectivity index (χ0) is 15.0. The minimum absolute atomic E-state index is 0.105. The number of rotatable bonds is 2. The maximum absolute atomic E-state index is 6.29. The molecule has 2 heterocycles. The number of nitrogens with zero attached hydrogens (tertiary/aromatic N) is 1. The Balaban J connectivity index is 1.94. The lowest BCUT2D eigenvalue weighted by Crippen LogP contribution is -2.25. The van der Waals surface area contributed by atoms with Gasteiger partial charge in [-0.1, -0.05) is 0 Å². The number of aromatic nitrogens is 1. The predicted octanol–water partition coefficient (Wildman–Crippen LogP) is 4.14. The van der Waals surface area contributed by atoms with E-state index < -0.39 is 0 Å². The normalized spacial score (nSPS) is 20.6. The van der Waals surface area contributed by atoms with E-state index in [4.69, 9.17) is 15.2 Å². The van der Waals surface area contributed by atoms with Crippen molar-refractivity contribution in [1.82, 2.24) is 4.98 Å². The van der Waals surface area contributed by atoms with Crippen molar-refractivity contribution in [2.45, 2.75) is 18.6 Å². The van der Waals surface area contributed by atoms with Crippen LogP contribution < -0.4 is 15.2 Å². The summed E-state index contributed by atoms with van der Waals surface area (Å²) in [5.41, 5.74) is 8.12. The maximum atomic E-state index is 6.29. The molecule has 1 aromatic heterocycles. The summed E-state index contributed by atoms with van der Waals surface area (Å²) < 4.78 is 13.1. The van der Waals surface area contributed by atoms with Gasteiger partial charge in [0.25, 0.3) is 0 Å². The van der Waals surface area contributed by atoms with Crippen LogP contribution in [0, 0.1) is 0 Å². The molecule has 0 spiro atoms. The fraction of sp³-hybridized carbons (Fsp3) is 0.267. The molecule has 6 heteroatoms. The van der Waals surface area contributed by atoms with Gasteiger partial charge < -0.3 is 15.2 Å². The topological polar surface area (TPSA) is 57.4 Å². The van der Waals surface area contributed by atoms with Crippen LogP contribution in [0.5, 0.6) is 11.5 Å². The first-order chi connectivity index (χ1) is 10.1. The summed E-state index contributed by atoms with van der Waals surface area (Å²) in [6.07, 6.45) is 2.27. The number of ether oxygens (including phenoxy) is 2. The van der Waals surface area contributed by atoms with Crippen molar-refractivity contribution >= 4 is 31.9 Å². The van der Waals surface area contributed by atoms with Crippen LogP contribution in [0.3, 0.4) is 0 Å². The van der Waals surface area contributed by atoms with Gasteiger partial charge in [-0.25, -0.2) is 0 Å². The first kappa shape index (κ1) is 14.8. The second-order valence-corrected chi connectivity index (χ2v) is 6.64. The molecule has 0 saturated heterocycles. The van der Waals surface area contributed by atoms with E-state index in [1.807, 2.05) is 24.3 Å². The summed E-state index contributed by atoms with van der Waals surface area (Å²) >= 11 is 6.93. The SMILES string of the molecule is COc1ccc2c(c1)C(N)CC(c1ncc(Br)cc1Br)O2. The number of hydrogen-bond donors (Lipinski definition) is 1. The van der Waals surface area contributed by atoms with E-state index in [2.05, 4.69) is 36.8 Å². The number of fused-ring (bicyclic) bond motifs is 1. The lowest BCUT2D eigenvalue weighted by atomic mass is 9.95. The zero-order valence-corrected chi connectivity index (χ0v) is 14.5. The summed E-state index contributed by atoms with van der Waals surface area (Å²) in [4.78, 5) is 4.44. The molecular formula is C15H14Br2N2O2. The van der Waals surface area contributed by atoms with E-state index in [1.165, 1.54) is 0 Å². The summed E-state index contributed by atoms with van der Waals surface area (Å²) in [6.45, 7) is 0. The Morgan fingerprint density at radius 3 is 2.86 bits per heavy atom. The third-order valence-corrected chi connectivity index (χ3v) is 4.56. The van der Waals surface area contributed by atoms with E-state index in [-0.39, 0.29) is 12.1 Å². The average molecular weight is 414 g/mol. The number of benzene rings is 1. The van der Waals surface area contributed by atoms with Gasteiger partial charge in [0, 0.05) is 33.2 Å². The fourth-order valence-corrected chi connectivity index (χ4v) is 3.68. The average Bonchev–Trinajstić information content (AvgIpc) is 2.47. The van der Waals surface area contributed by atoms with Gasteiger partial charge in [-0.05, 0) is 56.1 Å². The van der Waals surface area contributed by atoms with E-state index >= 15 is 0 Å². The standard InChI is InChI=1S/C15H14Br2N2O2/c1-20-9-2-3-13-10(5-9)12(18)6-14(21-13)15-11(17)4-8(16)7-19-15/h2-5,7,12,14H,6,18H2,1H3. The van der Waals surface area contributed by atoms with Gasteiger partial charge in [0.05, 0.1) is 12.8 Å². The molecule has 0 amide bonds. The van der Waals surface area contributed by atoms with Gasteiger partial charge in [-0.15, -0.1) is 0 Å². The molecule has 4 nitrogen and oxygen atoms in total. The second kappa shape index (κ2) is 5.94. The molecule has 2 aromatic rings. The molecule has 1 aliphatic heterocycles. The van der Waals surface area contributed by atoms with Gasteiger partial charge >= 0.3 is 0 Å². The fourth-order valence-electron chi connectivity index (χ4n) is 2.44. The molecule has 2 N–H and O–H groups in total. The number of hydrogen-bond acceptors (Lipinski definition) is 4. The molecule has 1 aromatic carbocycles. The van der Waals surface area contributed by atoms with Crippen LogP contribution in [0.4, 0.5) is 0 Å². The Morgan fingerprint density at radius 1 is 1.33 bits per heavy atom. The molecule has 0 aliphatic carbocycles. The van der Waals surface area contributed by atoms with Crippen molar-refractivity contribution in [3.63, 3.8) is 0 Å². The van der Waals surface area contributed by atoms with Gasteiger partial charge in [0.1, 0.15) is 17.6 Å². The number of methoxy groups -OCH3 is 1. The molecule has 0 saturated carbocycles. The van der Waals surface area contributed by atoms with E-state index in [0.717, 1.165) is 31.7 Å².